The molecule has 64 valence electrons. The molecular weight excluding hydrogens is 146 g/mol. The standard InChI is InChI=1S/C7H13NO3/c1-5-6(7(9)10)8(2)3-4-11-5/h5-6H,3-4H2,1-2H3,(H,9,10)/t5-,6+/m1/s1. The zero-order chi connectivity index (χ0) is 8.43. The summed E-state index contributed by atoms with van der Waals surface area (Å²) in [5, 5.41) is 8.76. The van der Waals surface area contributed by atoms with Gasteiger partial charge in [-0.1, -0.05) is 0 Å². The van der Waals surface area contributed by atoms with Crippen LogP contribution in [0.25, 0.3) is 0 Å². The molecule has 4 heteroatoms. The van der Waals surface area contributed by atoms with Crippen molar-refractivity contribution < 1.29 is 14.6 Å². The van der Waals surface area contributed by atoms with Gasteiger partial charge in [-0.25, -0.2) is 0 Å². The highest BCUT2D eigenvalue weighted by Crippen LogP contribution is 2.11. The van der Waals surface area contributed by atoms with Gasteiger partial charge in [0, 0.05) is 6.54 Å². The van der Waals surface area contributed by atoms with Crippen molar-refractivity contribution in [1.82, 2.24) is 4.90 Å². The van der Waals surface area contributed by atoms with E-state index >= 15 is 0 Å². The van der Waals surface area contributed by atoms with Gasteiger partial charge in [-0.2, -0.15) is 0 Å². The predicted octanol–water partition coefficient (Wildman–Crippen LogP) is -0.210. The molecule has 0 bridgehead atoms. The molecule has 1 saturated heterocycles. The molecule has 1 aliphatic rings. The van der Waals surface area contributed by atoms with Gasteiger partial charge in [-0.15, -0.1) is 0 Å². The monoisotopic (exact) mass is 159 g/mol. The Balaban J connectivity index is 2.62. The molecule has 0 aromatic rings. The third-order valence-electron chi connectivity index (χ3n) is 2.00. The third kappa shape index (κ3) is 1.70. The largest absolute Gasteiger partial charge is 0.480 e. The van der Waals surface area contributed by atoms with Crippen molar-refractivity contribution in [3.63, 3.8) is 0 Å². The molecule has 0 amide bonds. The zero-order valence-electron chi connectivity index (χ0n) is 6.78. The highest BCUT2D eigenvalue weighted by atomic mass is 16.5. The lowest BCUT2D eigenvalue weighted by Gasteiger charge is -2.34. The maximum Gasteiger partial charge on any atom is 0.323 e. The number of carbonyl (C=O) groups is 1. The van der Waals surface area contributed by atoms with E-state index in [0.29, 0.717) is 13.2 Å². The number of aliphatic carboxylic acids is 1. The molecule has 2 atom stereocenters. The smallest absolute Gasteiger partial charge is 0.323 e. The summed E-state index contributed by atoms with van der Waals surface area (Å²) >= 11 is 0. The van der Waals surface area contributed by atoms with Gasteiger partial charge in [0.05, 0.1) is 12.7 Å². The topological polar surface area (TPSA) is 49.8 Å². The highest BCUT2D eigenvalue weighted by Gasteiger charge is 2.32. The van der Waals surface area contributed by atoms with Crippen molar-refractivity contribution in [3.05, 3.63) is 0 Å². The Bertz CT molecular complexity index is 150. The van der Waals surface area contributed by atoms with Crippen LogP contribution in [0.4, 0.5) is 0 Å². The number of carboxylic acids is 1. The summed E-state index contributed by atoms with van der Waals surface area (Å²) in [6.07, 6.45) is -0.203. The van der Waals surface area contributed by atoms with Crippen LogP contribution in [-0.2, 0) is 9.53 Å². The first-order valence-electron chi connectivity index (χ1n) is 3.67. The predicted molar refractivity (Wildman–Crippen MR) is 39.5 cm³/mol. The molecule has 4 nitrogen and oxygen atoms in total. The number of carboxylic acid groups (broad SMARTS) is 1. The molecule has 11 heavy (non-hydrogen) atoms. The minimum atomic E-state index is -0.806. The minimum Gasteiger partial charge on any atom is -0.480 e. The molecule has 0 saturated carbocycles. The highest BCUT2D eigenvalue weighted by molar-refractivity contribution is 5.74. The van der Waals surface area contributed by atoms with E-state index in [0.717, 1.165) is 0 Å². The Labute approximate surface area is 65.8 Å². The second kappa shape index (κ2) is 3.19. The minimum absolute atomic E-state index is 0.203. The average molecular weight is 159 g/mol. The summed E-state index contributed by atoms with van der Waals surface area (Å²) < 4.78 is 5.20. The van der Waals surface area contributed by atoms with Crippen molar-refractivity contribution >= 4 is 5.97 Å². The van der Waals surface area contributed by atoms with Crippen molar-refractivity contribution in [2.75, 3.05) is 20.2 Å². The first kappa shape index (κ1) is 8.49. The van der Waals surface area contributed by atoms with E-state index in [1.807, 2.05) is 0 Å². The number of rotatable bonds is 1. The summed E-state index contributed by atoms with van der Waals surface area (Å²) in [5.41, 5.74) is 0. The van der Waals surface area contributed by atoms with Crippen LogP contribution < -0.4 is 0 Å². The molecule has 1 N–H and O–H groups in total. The van der Waals surface area contributed by atoms with Crippen LogP contribution in [0.3, 0.4) is 0 Å². The molecular formula is C7H13NO3. The van der Waals surface area contributed by atoms with Crippen molar-refractivity contribution in [3.8, 4) is 0 Å². The number of morpholine rings is 1. The fourth-order valence-electron chi connectivity index (χ4n) is 1.36. The van der Waals surface area contributed by atoms with E-state index in [-0.39, 0.29) is 6.10 Å². The van der Waals surface area contributed by atoms with Gasteiger partial charge in [-0.05, 0) is 14.0 Å². The van der Waals surface area contributed by atoms with Gasteiger partial charge in [0.15, 0.2) is 0 Å². The van der Waals surface area contributed by atoms with Gasteiger partial charge in [-0.3, -0.25) is 9.69 Å². The molecule has 1 aliphatic heterocycles. The lowest BCUT2D eigenvalue weighted by atomic mass is 10.1. The van der Waals surface area contributed by atoms with Crippen molar-refractivity contribution in [2.45, 2.75) is 19.1 Å². The van der Waals surface area contributed by atoms with E-state index in [1.54, 1.807) is 18.9 Å². The summed E-state index contributed by atoms with van der Waals surface area (Å²) in [7, 11) is 1.80. The first-order chi connectivity index (χ1) is 5.13. The fourth-order valence-corrected chi connectivity index (χ4v) is 1.36. The van der Waals surface area contributed by atoms with Crippen LogP contribution in [-0.4, -0.2) is 48.3 Å². The first-order valence-corrected chi connectivity index (χ1v) is 3.67. The van der Waals surface area contributed by atoms with Gasteiger partial charge >= 0.3 is 5.97 Å². The average Bonchev–Trinajstić information content (AvgIpc) is 1.85. The zero-order valence-corrected chi connectivity index (χ0v) is 6.78. The number of hydrogen-bond acceptors (Lipinski definition) is 3. The Morgan fingerprint density at radius 2 is 2.36 bits per heavy atom. The number of nitrogens with zero attached hydrogens (tertiary/aromatic N) is 1. The molecule has 0 aliphatic carbocycles. The fraction of sp³-hybridized carbons (Fsp3) is 0.857. The molecule has 1 heterocycles. The molecule has 1 fully saturated rings. The number of likely N-dealkylation sites (N-methyl/N-ethyl adjacent to an activating group) is 1. The Kier molecular flexibility index (Phi) is 2.46. The van der Waals surface area contributed by atoms with E-state index in [9.17, 15) is 4.79 Å². The Morgan fingerprint density at radius 1 is 1.73 bits per heavy atom. The summed E-state index contributed by atoms with van der Waals surface area (Å²) in [6.45, 7) is 3.11. The number of hydrogen-bond donors (Lipinski definition) is 1. The Hall–Kier alpha value is -0.610. The van der Waals surface area contributed by atoms with Gasteiger partial charge in [0.1, 0.15) is 6.04 Å². The van der Waals surface area contributed by atoms with Crippen LogP contribution >= 0.6 is 0 Å². The van der Waals surface area contributed by atoms with Crippen LogP contribution in [0.5, 0.6) is 0 Å². The van der Waals surface area contributed by atoms with Crippen LogP contribution in [0, 0.1) is 0 Å². The maximum absolute atomic E-state index is 10.7. The summed E-state index contributed by atoms with van der Waals surface area (Å²) in [6, 6.07) is -0.483. The third-order valence-corrected chi connectivity index (χ3v) is 2.00. The molecule has 0 aromatic heterocycles. The van der Waals surface area contributed by atoms with Crippen LogP contribution in [0.1, 0.15) is 6.92 Å². The lowest BCUT2D eigenvalue weighted by molar-refractivity contribution is -0.154. The SMILES string of the molecule is C[C@H]1OCCN(C)[C@@H]1C(=O)O. The second-order valence-electron chi connectivity index (χ2n) is 2.84. The van der Waals surface area contributed by atoms with Crippen molar-refractivity contribution in [2.24, 2.45) is 0 Å². The molecule has 0 aromatic carbocycles. The van der Waals surface area contributed by atoms with E-state index in [4.69, 9.17) is 9.84 Å². The van der Waals surface area contributed by atoms with Gasteiger partial charge in [0.25, 0.3) is 0 Å². The van der Waals surface area contributed by atoms with Gasteiger partial charge < -0.3 is 9.84 Å². The van der Waals surface area contributed by atoms with Gasteiger partial charge in [0.2, 0.25) is 0 Å². The lowest BCUT2D eigenvalue weighted by Crippen LogP contribution is -2.52. The molecule has 0 radical (unpaired) electrons. The van der Waals surface area contributed by atoms with Crippen molar-refractivity contribution in [1.29, 1.82) is 0 Å². The quantitative estimate of drug-likeness (QED) is 0.575. The summed E-state index contributed by atoms with van der Waals surface area (Å²) in [5.74, 6) is -0.806. The van der Waals surface area contributed by atoms with E-state index < -0.39 is 12.0 Å². The molecule has 0 spiro atoms. The number of ether oxygens (including phenoxy) is 1. The normalized spacial score (nSPS) is 33.6. The Morgan fingerprint density at radius 3 is 2.73 bits per heavy atom. The van der Waals surface area contributed by atoms with E-state index in [1.165, 1.54) is 0 Å². The second-order valence-corrected chi connectivity index (χ2v) is 2.84. The van der Waals surface area contributed by atoms with Crippen LogP contribution in [0.2, 0.25) is 0 Å². The molecule has 0 unspecified atom stereocenters. The van der Waals surface area contributed by atoms with Crippen LogP contribution in [0.15, 0.2) is 0 Å². The summed E-state index contributed by atoms with van der Waals surface area (Å²) in [4.78, 5) is 12.5. The molecule has 1 rings (SSSR count). The maximum atomic E-state index is 10.7. The van der Waals surface area contributed by atoms with E-state index in [2.05, 4.69) is 0 Å².